The van der Waals surface area contributed by atoms with Gasteiger partial charge in [-0.05, 0) is 18.6 Å². The van der Waals surface area contributed by atoms with E-state index in [1.807, 2.05) is 0 Å². The molecule has 1 atom stereocenters. The maximum atomic E-state index is 11.8. The lowest BCUT2D eigenvalue weighted by Gasteiger charge is -2.13. The molecular weight excluding hydrogens is 221 g/mol. The molecule has 0 heterocycles. The molecule has 0 aliphatic rings. The van der Waals surface area contributed by atoms with Gasteiger partial charge in [0.1, 0.15) is 12.4 Å². The predicted molar refractivity (Wildman–Crippen MR) is 53.2 cm³/mol. The molecular formula is C11H13F3O2. The van der Waals surface area contributed by atoms with Crippen molar-refractivity contribution in [2.24, 2.45) is 0 Å². The van der Waals surface area contributed by atoms with Crippen molar-refractivity contribution in [1.29, 1.82) is 0 Å². The molecule has 1 aromatic rings. The first kappa shape index (κ1) is 12.8. The summed E-state index contributed by atoms with van der Waals surface area (Å²) in [4.78, 5) is 0. The Kier molecular flexibility index (Phi) is 4.61. The van der Waals surface area contributed by atoms with Crippen molar-refractivity contribution in [3.8, 4) is 5.75 Å². The summed E-state index contributed by atoms with van der Waals surface area (Å²) in [6.45, 7) is -0.125. The minimum absolute atomic E-state index is 0.125. The monoisotopic (exact) mass is 234 g/mol. The van der Waals surface area contributed by atoms with Crippen LogP contribution in [0.5, 0.6) is 5.75 Å². The van der Waals surface area contributed by atoms with Crippen LogP contribution < -0.4 is 4.74 Å². The lowest BCUT2D eigenvalue weighted by atomic mass is 10.2. The summed E-state index contributed by atoms with van der Waals surface area (Å²) in [6.07, 6.45) is -6.65. The summed E-state index contributed by atoms with van der Waals surface area (Å²) in [5, 5.41) is 9.25. The molecule has 0 aromatic heterocycles. The van der Waals surface area contributed by atoms with E-state index in [1.54, 1.807) is 30.3 Å². The molecule has 16 heavy (non-hydrogen) atoms. The van der Waals surface area contributed by atoms with Crippen molar-refractivity contribution in [1.82, 2.24) is 0 Å². The SMILES string of the molecule is OC(CCC(F)(F)F)COc1ccccc1. The van der Waals surface area contributed by atoms with Crippen LogP contribution in [0.1, 0.15) is 12.8 Å². The highest BCUT2D eigenvalue weighted by Gasteiger charge is 2.27. The van der Waals surface area contributed by atoms with Crippen LogP contribution in [-0.2, 0) is 0 Å². The van der Waals surface area contributed by atoms with Crippen LogP contribution in [0.3, 0.4) is 0 Å². The van der Waals surface area contributed by atoms with Gasteiger partial charge >= 0.3 is 6.18 Å². The van der Waals surface area contributed by atoms with Gasteiger partial charge in [-0.2, -0.15) is 13.2 Å². The first-order valence-corrected chi connectivity index (χ1v) is 4.90. The number of benzene rings is 1. The zero-order chi connectivity index (χ0) is 12.0. The van der Waals surface area contributed by atoms with Gasteiger partial charge in [-0.15, -0.1) is 0 Å². The third-order valence-electron chi connectivity index (χ3n) is 1.95. The Morgan fingerprint density at radius 3 is 2.38 bits per heavy atom. The fraction of sp³-hybridized carbons (Fsp3) is 0.455. The molecule has 0 fully saturated rings. The molecule has 5 heteroatoms. The highest BCUT2D eigenvalue weighted by Crippen LogP contribution is 2.22. The van der Waals surface area contributed by atoms with E-state index < -0.39 is 18.7 Å². The molecule has 0 aliphatic carbocycles. The second kappa shape index (κ2) is 5.75. The second-order valence-electron chi connectivity index (χ2n) is 3.43. The van der Waals surface area contributed by atoms with E-state index in [4.69, 9.17) is 4.74 Å². The fourth-order valence-electron chi connectivity index (χ4n) is 1.12. The number of hydrogen-bond donors (Lipinski definition) is 1. The minimum atomic E-state index is -4.23. The molecule has 0 saturated heterocycles. The highest BCUT2D eigenvalue weighted by atomic mass is 19.4. The van der Waals surface area contributed by atoms with Gasteiger partial charge in [0.05, 0.1) is 6.10 Å². The Hall–Kier alpha value is -1.23. The highest BCUT2D eigenvalue weighted by molar-refractivity contribution is 5.20. The number of alkyl halides is 3. The number of hydrogen-bond acceptors (Lipinski definition) is 2. The smallest absolute Gasteiger partial charge is 0.389 e. The number of aliphatic hydroxyl groups is 1. The van der Waals surface area contributed by atoms with Gasteiger partial charge in [0.2, 0.25) is 0 Å². The Labute approximate surface area is 91.7 Å². The van der Waals surface area contributed by atoms with Gasteiger partial charge in [-0.1, -0.05) is 18.2 Å². The largest absolute Gasteiger partial charge is 0.491 e. The average molecular weight is 234 g/mol. The van der Waals surface area contributed by atoms with Crippen LogP contribution in [-0.4, -0.2) is 24.0 Å². The van der Waals surface area contributed by atoms with Crippen LogP contribution in [0.4, 0.5) is 13.2 Å². The standard InChI is InChI=1S/C11H13F3O2/c12-11(13,14)7-6-9(15)8-16-10-4-2-1-3-5-10/h1-5,9,15H,6-8H2. The van der Waals surface area contributed by atoms with Gasteiger partial charge in [0.25, 0.3) is 0 Å². The number of para-hydroxylation sites is 1. The number of aliphatic hydroxyl groups excluding tert-OH is 1. The molecule has 1 unspecified atom stereocenters. The van der Waals surface area contributed by atoms with Gasteiger partial charge in [-0.3, -0.25) is 0 Å². The Morgan fingerprint density at radius 2 is 1.81 bits per heavy atom. The molecule has 1 aromatic carbocycles. The van der Waals surface area contributed by atoms with Crippen molar-refractivity contribution >= 4 is 0 Å². The average Bonchev–Trinajstić information content (AvgIpc) is 2.24. The molecule has 90 valence electrons. The first-order valence-electron chi connectivity index (χ1n) is 4.90. The maximum absolute atomic E-state index is 11.8. The van der Waals surface area contributed by atoms with Crippen molar-refractivity contribution in [3.63, 3.8) is 0 Å². The summed E-state index contributed by atoms with van der Waals surface area (Å²) in [6, 6.07) is 8.65. The molecule has 0 amide bonds. The Bertz CT molecular complexity index is 298. The van der Waals surface area contributed by atoms with Gasteiger partial charge in [-0.25, -0.2) is 0 Å². The fourth-order valence-corrected chi connectivity index (χ4v) is 1.12. The van der Waals surface area contributed by atoms with Crippen LogP contribution in [0, 0.1) is 0 Å². The third kappa shape index (κ3) is 5.60. The van der Waals surface area contributed by atoms with Crippen LogP contribution in [0.25, 0.3) is 0 Å². The molecule has 0 bridgehead atoms. The number of rotatable bonds is 5. The molecule has 0 radical (unpaired) electrons. The van der Waals surface area contributed by atoms with Crippen molar-refractivity contribution in [3.05, 3.63) is 30.3 Å². The zero-order valence-electron chi connectivity index (χ0n) is 8.57. The van der Waals surface area contributed by atoms with Gasteiger partial charge < -0.3 is 9.84 Å². The minimum Gasteiger partial charge on any atom is -0.491 e. The molecule has 0 spiro atoms. The Balaban J connectivity index is 2.23. The van der Waals surface area contributed by atoms with E-state index in [-0.39, 0.29) is 13.0 Å². The molecule has 2 nitrogen and oxygen atoms in total. The van der Waals surface area contributed by atoms with E-state index in [0.29, 0.717) is 5.75 Å². The van der Waals surface area contributed by atoms with Crippen LogP contribution in [0.15, 0.2) is 30.3 Å². The normalized spacial score (nSPS) is 13.5. The third-order valence-corrected chi connectivity index (χ3v) is 1.95. The zero-order valence-corrected chi connectivity index (χ0v) is 8.57. The van der Waals surface area contributed by atoms with E-state index in [2.05, 4.69) is 0 Å². The number of halogens is 3. The summed E-state index contributed by atoms with van der Waals surface area (Å²) in [7, 11) is 0. The summed E-state index contributed by atoms with van der Waals surface area (Å²) in [5.74, 6) is 0.536. The number of ether oxygens (including phenoxy) is 1. The lowest BCUT2D eigenvalue weighted by Crippen LogP contribution is -2.20. The molecule has 1 N–H and O–H groups in total. The first-order chi connectivity index (χ1) is 7.47. The molecule has 0 aliphatic heterocycles. The lowest BCUT2D eigenvalue weighted by molar-refractivity contribution is -0.140. The van der Waals surface area contributed by atoms with Crippen LogP contribution >= 0.6 is 0 Å². The topological polar surface area (TPSA) is 29.5 Å². The van der Waals surface area contributed by atoms with Crippen LogP contribution in [0.2, 0.25) is 0 Å². The van der Waals surface area contributed by atoms with Gasteiger partial charge in [0.15, 0.2) is 0 Å². The molecule has 1 rings (SSSR count). The summed E-state index contributed by atoms with van der Waals surface area (Å²) < 4.78 is 40.6. The van der Waals surface area contributed by atoms with E-state index in [0.717, 1.165) is 0 Å². The summed E-state index contributed by atoms with van der Waals surface area (Å²) in [5.41, 5.74) is 0. The van der Waals surface area contributed by atoms with Crippen molar-refractivity contribution in [2.75, 3.05) is 6.61 Å². The van der Waals surface area contributed by atoms with Crippen molar-refractivity contribution in [2.45, 2.75) is 25.1 Å². The van der Waals surface area contributed by atoms with E-state index >= 15 is 0 Å². The van der Waals surface area contributed by atoms with Crippen molar-refractivity contribution < 1.29 is 23.0 Å². The molecule has 0 saturated carbocycles. The second-order valence-corrected chi connectivity index (χ2v) is 3.43. The van der Waals surface area contributed by atoms with Gasteiger partial charge in [0, 0.05) is 6.42 Å². The quantitative estimate of drug-likeness (QED) is 0.848. The maximum Gasteiger partial charge on any atom is 0.389 e. The Morgan fingerprint density at radius 1 is 1.19 bits per heavy atom. The predicted octanol–water partition coefficient (Wildman–Crippen LogP) is 2.77. The van der Waals surface area contributed by atoms with E-state index in [1.165, 1.54) is 0 Å². The summed E-state index contributed by atoms with van der Waals surface area (Å²) >= 11 is 0. The van der Waals surface area contributed by atoms with E-state index in [9.17, 15) is 18.3 Å².